The maximum absolute atomic E-state index is 12.4. The Balaban J connectivity index is 3.81. The molecule has 0 aromatic rings. The van der Waals surface area contributed by atoms with Gasteiger partial charge in [0.2, 0.25) is 5.83 Å². The number of aliphatic hydroxyl groups is 2. The number of carbonyl (C=O) groups is 1. The summed E-state index contributed by atoms with van der Waals surface area (Å²) < 4.78 is 16.8. The second-order valence-electron chi connectivity index (χ2n) is 2.11. The van der Waals surface area contributed by atoms with Gasteiger partial charge in [0.1, 0.15) is 5.76 Å². The Labute approximate surface area is 69.3 Å². The molecule has 0 aromatic heterocycles. The van der Waals surface area contributed by atoms with E-state index in [1.165, 1.54) is 0 Å². The van der Waals surface area contributed by atoms with Crippen LogP contribution in [-0.4, -0.2) is 29.4 Å². The molecule has 0 saturated carbocycles. The van der Waals surface area contributed by atoms with E-state index >= 15 is 0 Å². The molecule has 0 aliphatic heterocycles. The lowest BCUT2D eigenvalue weighted by molar-refractivity contribution is -0.141. The zero-order valence-corrected chi connectivity index (χ0v) is 6.71. The van der Waals surface area contributed by atoms with Crippen molar-refractivity contribution in [3.63, 3.8) is 0 Å². The summed E-state index contributed by atoms with van der Waals surface area (Å²) in [5.41, 5.74) is 0. The van der Waals surface area contributed by atoms with Crippen LogP contribution in [0.25, 0.3) is 0 Å². The lowest BCUT2D eigenvalue weighted by Gasteiger charge is -2.01. The fourth-order valence-corrected chi connectivity index (χ4v) is 0.440. The summed E-state index contributed by atoms with van der Waals surface area (Å²) in [7, 11) is 0. The number of aliphatic hydroxyl groups excluding tert-OH is 2. The van der Waals surface area contributed by atoms with Gasteiger partial charge in [-0.25, -0.2) is 4.79 Å². The van der Waals surface area contributed by atoms with Crippen LogP contribution in [0, 0.1) is 0 Å². The molecule has 12 heavy (non-hydrogen) atoms. The number of hydrogen-bond acceptors (Lipinski definition) is 4. The molecule has 0 aliphatic rings. The highest BCUT2D eigenvalue weighted by atomic mass is 19.1. The summed E-state index contributed by atoms with van der Waals surface area (Å²) in [6.07, 6.45) is 0.253. The fourth-order valence-electron chi connectivity index (χ4n) is 0.440. The van der Waals surface area contributed by atoms with Gasteiger partial charge < -0.3 is 14.9 Å². The standard InChI is InChI=1S/C7H11FO4/c1-5(10)6(8)7(11)12-4-2-3-9/h9-10H,2-4H2,1H3/b6-5+. The van der Waals surface area contributed by atoms with E-state index in [9.17, 15) is 9.18 Å². The van der Waals surface area contributed by atoms with Crippen LogP contribution in [-0.2, 0) is 9.53 Å². The summed E-state index contributed by atoms with van der Waals surface area (Å²) in [5, 5.41) is 16.8. The molecule has 0 radical (unpaired) electrons. The first-order valence-corrected chi connectivity index (χ1v) is 3.43. The molecular formula is C7H11FO4. The van der Waals surface area contributed by atoms with Crippen molar-refractivity contribution in [2.24, 2.45) is 0 Å². The molecule has 70 valence electrons. The molecular weight excluding hydrogens is 167 g/mol. The number of carbonyl (C=O) groups excluding carboxylic acids is 1. The van der Waals surface area contributed by atoms with Gasteiger partial charge in [0.15, 0.2) is 0 Å². The minimum absolute atomic E-state index is 0.0595. The monoisotopic (exact) mass is 178 g/mol. The molecule has 0 fully saturated rings. The summed E-state index contributed by atoms with van der Waals surface area (Å²) in [4.78, 5) is 10.6. The molecule has 0 rings (SSSR count). The summed E-state index contributed by atoms with van der Waals surface area (Å²) in [5.74, 6) is -3.21. The van der Waals surface area contributed by atoms with Crippen LogP contribution < -0.4 is 0 Å². The Kier molecular flexibility index (Phi) is 5.03. The number of rotatable bonds is 4. The molecule has 0 bridgehead atoms. The molecule has 5 heteroatoms. The largest absolute Gasteiger partial charge is 0.509 e. The van der Waals surface area contributed by atoms with Crippen molar-refractivity contribution in [3.8, 4) is 0 Å². The number of halogens is 1. The molecule has 2 N–H and O–H groups in total. The second kappa shape index (κ2) is 5.54. The van der Waals surface area contributed by atoms with Gasteiger partial charge in [0.05, 0.1) is 6.61 Å². The zero-order chi connectivity index (χ0) is 9.56. The second-order valence-corrected chi connectivity index (χ2v) is 2.11. The Bertz CT molecular complexity index is 184. The fraction of sp³-hybridized carbons (Fsp3) is 0.571. The first-order chi connectivity index (χ1) is 5.59. The van der Waals surface area contributed by atoms with Crippen molar-refractivity contribution in [2.45, 2.75) is 13.3 Å². The molecule has 0 heterocycles. The minimum atomic E-state index is -1.30. The van der Waals surface area contributed by atoms with E-state index < -0.39 is 17.6 Å². The first-order valence-electron chi connectivity index (χ1n) is 3.43. The predicted molar refractivity (Wildman–Crippen MR) is 39.1 cm³/mol. The lowest BCUT2D eigenvalue weighted by Crippen LogP contribution is -2.08. The van der Waals surface area contributed by atoms with Crippen LogP contribution in [0.5, 0.6) is 0 Å². The van der Waals surface area contributed by atoms with E-state index in [0.29, 0.717) is 0 Å². The number of ether oxygens (including phenoxy) is 1. The van der Waals surface area contributed by atoms with Gasteiger partial charge in [0.25, 0.3) is 0 Å². The van der Waals surface area contributed by atoms with Crippen molar-refractivity contribution in [3.05, 3.63) is 11.6 Å². The lowest BCUT2D eigenvalue weighted by atomic mass is 10.4. The number of esters is 1. The van der Waals surface area contributed by atoms with E-state index in [2.05, 4.69) is 4.74 Å². The Hall–Kier alpha value is -1.10. The Morgan fingerprint density at radius 3 is 2.58 bits per heavy atom. The number of allylic oxidation sites excluding steroid dienone is 1. The average molecular weight is 178 g/mol. The Morgan fingerprint density at radius 2 is 2.17 bits per heavy atom. The van der Waals surface area contributed by atoms with Crippen molar-refractivity contribution < 1.29 is 24.1 Å². The van der Waals surface area contributed by atoms with Crippen LogP contribution in [0.3, 0.4) is 0 Å². The van der Waals surface area contributed by atoms with Crippen LogP contribution in [0.1, 0.15) is 13.3 Å². The topological polar surface area (TPSA) is 66.8 Å². The molecule has 0 amide bonds. The van der Waals surface area contributed by atoms with Crippen molar-refractivity contribution >= 4 is 5.97 Å². The first kappa shape index (κ1) is 10.9. The van der Waals surface area contributed by atoms with Crippen molar-refractivity contribution in [1.82, 2.24) is 0 Å². The normalized spacial score (nSPS) is 12.2. The molecule has 0 aromatic carbocycles. The van der Waals surface area contributed by atoms with Gasteiger partial charge in [-0.1, -0.05) is 0 Å². The van der Waals surface area contributed by atoms with Gasteiger partial charge >= 0.3 is 5.97 Å². The molecule has 0 unspecified atom stereocenters. The number of hydrogen-bond donors (Lipinski definition) is 2. The SMILES string of the molecule is C/C(O)=C(\F)C(=O)OCCCO. The molecule has 4 nitrogen and oxygen atoms in total. The zero-order valence-electron chi connectivity index (χ0n) is 6.71. The average Bonchev–Trinajstić information content (AvgIpc) is 2.03. The van der Waals surface area contributed by atoms with Crippen molar-refractivity contribution in [1.29, 1.82) is 0 Å². The van der Waals surface area contributed by atoms with E-state index in [-0.39, 0.29) is 19.6 Å². The third-order valence-corrected chi connectivity index (χ3v) is 1.03. The van der Waals surface area contributed by atoms with Crippen LogP contribution in [0.2, 0.25) is 0 Å². The highest BCUT2D eigenvalue weighted by Gasteiger charge is 2.12. The minimum Gasteiger partial charge on any atom is -0.509 e. The summed E-state index contributed by atoms with van der Waals surface area (Å²) in [6, 6.07) is 0. The van der Waals surface area contributed by atoms with E-state index in [1.807, 2.05) is 0 Å². The van der Waals surface area contributed by atoms with Crippen LogP contribution >= 0.6 is 0 Å². The van der Waals surface area contributed by atoms with Gasteiger partial charge in [-0.3, -0.25) is 0 Å². The van der Waals surface area contributed by atoms with Gasteiger partial charge in [-0.2, -0.15) is 4.39 Å². The van der Waals surface area contributed by atoms with Gasteiger partial charge in [-0.05, 0) is 6.92 Å². The Morgan fingerprint density at radius 1 is 1.58 bits per heavy atom. The third kappa shape index (κ3) is 3.92. The highest BCUT2D eigenvalue weighted by molar-refractivity contribution is 5.86. The maximum atomic E-state index is 12.4. The third-order valence-electron chi connectivity index (χ3n) is 1.03. The van der Waals surface area contributed by atoms with Gasteiger partial charge in [0, 0.05) is 13.0 Å². The smallest absolute Gasteiger partial charge is 0.370 e. The highest BCUT2D eigenvalue weighted by Crippen LogP contribution is 2.04. The molecule has 0 spiro atoms. The molecule has 0 saturated heterocycles. The van der Waals surface area contributed by atoms with Crippen LogP contribution in [0.15, 0.2) is 11.6 Å². The van der Waals surface area contributed by atoms with Crippen molar-refractivity contribution in [2.75, 3.05) is 13.2 Å². The van der Waals surface area contributed by atoms with E-state index in [4.69, 9.17) is 10.2 Å². The quantitative estimate of drug-likeness (QED) is 0.287. The summed E-state index contributed by atoms with van der Waals surface area (Å²) >= 11 is 0. The van der Waals surface area contributed by atoms with Gasteiger partial charge in [-0.15, -0.1) is 0 Å². The van der Waals surface area contributed by atoms with Crippen LogP contribution in [0.4, 0.5) is 4.39 Å². The maximum Gasteiger partial charge on any atom is 0.370 e. The van der Waals surface area contributed by atoms with E-state index in [1.54, 1.807) is 0 Å². The molecule has 0 atom stereocenters. The summed E-state index contributed by atoms with van der Waals surface area (Å²) in [6.45, 7) is 0.857. The van der Waals surface area contributed by atoms with E-state index in [0.717, 1.165) is 6.92 Å². The predicted octanol–water partition coefficient (Wildman–Crippen LogP) is 0.671. The molecule has 0 aliphatic carbocycles.